The fourth-order valence-electron chi connectivity index (χ4n) is 2.17. The smallest absolute Gasteiger partial charge is 0.167 e. The second-order valence-electron chi connectivity index (χ2n) is 4.29. The van der Waals surface area contributed by atoms with E-state index in [0.29, 0.717) is 11.2 Å². The molecule has 0 aliphatic carbocycles. The van der Waals surface area contributed by atoms with Crippen LogP contribution in [0.1, 0.15) is 6.23 Å². The highest BCUT2D eigenvalue weighted by atomic mass is 16.6. The van der Waals surface area contributed by atoms with E-state index < -0.39 is 24.5 Å². The third kappa shape index (κ3) is 1.69. The van der Waals surface area contributed by atoms with Gasteiger partial charge in [0.25, 0.3) is 0 Å². The van der Waals surface area contributed by atoms with Gasteiger partial charge in [-0.25, -0.2) is 15.0 Å². The van der Waals surface area contributed by atoms with Crippen molar-refractivity contribution in [1.29, 1.82) is 0 Å². The van der Waals surface area contributed by atoms with Gasteiger partial charge in [-0.15, -0.1) is 6.58 Å². The van der Waals surface area contributed by atoms with E-state index in [9.17, 15) is 10.2 Å². The predicted octanol–water partition coefficient (Wildman–Crippen LogP) is -0.786. The van der Waals surface area contributed by atoms with Crippen LogP contribution < -0.4 is 5.73 Å². The Kier molecular flexibility index (Phi) is 2.70. The third-order valence-electron chi connectivity index (χ3n) is 3.17. The van der Waals surface area contributed by atoms with Crippen LogP contribution in [0.3, 0.4) is 0 Å². The van der Waals surface area contributed by atoms with Crippen molar-refractivity contribution < 1.29 is 14.9 Å². The zero-order chi connectivity index (χ0) is 13.6. The van der Waals surface area contributed by atoms with Crippen molar-refractivity contribution in [1.82, 2.24) is 19.5 Å². The standard InChI is InChI=1S/C11H13N5O3/c1-2-5-7(17)8(18)11(19-5)16-4-15-6-9(12)13-3-14-10(6)16/h2-5,7-8,11,17-18H,1H2,(H2,12,13,14)/t5-,7+,8+,11+/m0/s1. The normalized spacial score (nSPS) is 30.8. The second kappa shape index (κ2) is 4.26. The van der Waals surface area contributed by atoms with Gasteiger partial charge in [-0.05, 0) is 0 Å². The molecule has 1 aliphatic rings. The lowest BCUT2D eigenvalue weighted by Crippen LogP contribution is -2.30. The summed E-state index contributed by atoms with van der Waals surface area (Å²) in [6.07, 6.45) is 0.612. The van der Waals surface area contributed by atoms with Crippen LogP contribution in [0.4, 0.5) is 5.82 Å². The fraction of sp³-hybridized carbons (Fsp3) is 0.364. The Morgan fingerprint density at radius 3 is 2.79 bits per heavy atom. The topological polar surface area (TPSA) is 119 Å². The van der Waals surface area contributed by atoms with Crippen LogP contribution in [-0.4, -0.2) is 48.0 Å². The van der Waals surface area contributed by atoms with Crippen LogP contribution in [0.5, 0.6) is 0 Å². The SMILES string of the molecule is C=C[C@@H]1O[C@@H](n2cnc3c(N)ncnc32)[C@H](O)[C@@H]1O. The maximum atomic E-state index is 10.0. The summed E-state index contributed by atoms with van der Waals surface area (Å²) in [5, 5.41) is 19.8. The van der Waals surface area contributed by atoms with Gasteiger partial charge in [-0.2, -0.15) is 0 Å². The van der Waals surface area contributed by atoms with Gasteiger partial charge in [-0.3, -0.25) is 4.57 Å². The van der Waals surface area contributed by atoms with E-state index >= 15 is 0 Å². The highest BCUT2D eigenvalue weighted by molar-refractivity contribution is 5.81. The number of nitrogen functional groups attached to an aromatic ring is 1. The molecule has 0 amide bonds. The molecule has 19 heavy (non-hydrogen) atoms. The molecule has 0 aromatic carbocycles. The fourth-order valence-corrected chi connectivity index (χ4v) is 2.17. The molecule has 0 bridgehead atoms. The molecule has 8 nitrogen and oxygen atoms in total. The molecular weight excluding hydrogens is 250 g/mol. The Morgan fingerprint density at radius 1 is 1.32 bits per heavy atom. The molecule has 0 unspecified atom stereocenters. The first-order valence-electron chi connectivity index (χ1n) is 5.70. The minimum Gasteiger partial charge on any atom is -0.387 e. The maximum absolute atomic E-state index is 10.0. The molecule has 0 saturated carbocycles. The highest BCUT2D eigenvalue weighted by Crippen LogP contribution is 2.32. The third-order valence-corrected chi connectivity index (χ3v) is 3.17. The molecule has 0 radical (unpaired) electrons. The Bertz CT molecular complexity index is 628. The van der Waals surface area contributed by atoms with Crippen molar-refractivity contribution in [2.24, 2.45) is 0 Å². The lowest BCUT2D eigenvalue weighted by atomic mass is 10.1. The van der Waals surface area contributed by atoms with Gasteiger partial charge in [0.05, 0.1) is 6.33 Å². The number of hydrogen-bond donors (Lipinski definition) is 3. The van der Waals surface area contributed by atoms with Gasteiger partial charge in [0.1, 0.15) is 30.2 Å². The van der Waals surface area contributed by atoms with Crippen LogP contribution in [0.25, 0.3) is 11.2 Å². The molecule has 100 valence electrons. The van der Waals surface area contributed by atoms with E-state index in [-0.39, 0.29) is 5.82 Å². The largest absolute Gasteiger partial charge is 0.387 e. The van der Waals surface area contributed by atoms with E-state index in [1.54, 1.807) is 0 Å². The Balaban J connectivity index is 2.06. The first-order valence-corrected chi connectivity index (χ1v) is 5.70. The Hall–Kier alpha value is -2.03. The molecule has 3 rings (SSSR count). The van der Waals surface area contributed by atoms with Crippen LogP contribution in [0.2, 0.25) is 0 Å². The first kappa shape index (κ1) is 12.0. The molecular formula is C11H13N5O3. The van der Waals surface area contributed by atoms with Crippen LogP contribution in [0.15, 0.2) is 25.3 Å². The summed E-state index contributed by atoms with van der Waals surface area (Å²) in [6, 6.07) is 0. The predicted molar refractivity (Wildman–Crippen MR) is 65.9 cm³/mol. The van der Waals surface area contributed by atoms with Crippen LogP contribution in [-0.2, 0) is 4.74 Å². The van der Waals surface area contributed by atoms with Crippen molar-refractivity contribution >= 4 is 17.0 Å². The number of hydrogen-bond acceptors (Lipinski definition) is 7. The lowest BCUT2D eigenvalue weighted by Gasteiger charge is -2.16. The van der Waals surface area contributed by atoms with E-state index in [2.05, 4.69) is 21.5 Å². The van der Waals surface area contributed by atoms with E-state index in [4.69, 9.17) is 10.5 Å². The number of aromatic nitrogens is 4. The van der Waals surface area contributed by atoms with Crippen molar-refractivity contribution in [3.8, 4) is 0 Å². The van der Waals surface area contributed by atoms with Crippen molar-refractivity contribution in [2.75, 3.05) is 5.73 Å². The highest BCUT2D eigenvalue weighted by Gasteiger charge is 2.42. The quantitative estimate of drug-likeness (QED) is 0.607. The molecule has 2 aromatic heterocycles. The monoisotopic (exact) mass is 263 g/mol. The number of imidazole rings is 1. The van der Waals surface area contributed by atoms with Crippen molar-refractivity contribution in [3.05, 3.63) is 25.3 Å². The lowest BCUT2D eigenvalue weighted by molar-refractivity contribution is -0.0244. The average Bonchev–Trinajstić information content (AvgIpc) is 2.94. The second-order valence-corrected chi connectivity index (χ2v) is 4.29. The Morgan fingerprint density at radius 2 is 2.11 bits per heavy atom. The summed E-state index contributed by atoms with van der Waals surface area (Å²) in [7, 11) is 0. The van der Waals surface area contributed by atoms with Crippen molar-refractivity contribution in [3.63, 3.8) is 0 Å². The van der Waals surface area contributed by atoms with E-state index in [1.807, 2.05) is 0 Å². The summed E-state index contributed by atoms with van der Waals surface area (Å²) in [5.74, 6) is 0.247. The summed E-state index contributed by atoms with van der Waals surface area (Å²) in [5.41, 5.74) is 6.55. The van der Waals surface area contributed by atoms with E-state index in [1.165, 1.54) is 23.3 Å². The summed E-state index contributed by atoms with van der Waals surface area (Å²) in [6.45, 7) is 3.55. The van der Waals surface area contributed by atoms with Gasteiger partial charge in [0, 0.05) is 0 Å². The molecule has 1 saturated heterocycles. The maximum Gasteiger partial charge on any atom is 0.167 e. The van der Waals surface area contributed by atoms with Gasteiger partial charge in [0.2, 0.25) is 0 Å². The molecule has 2 aromatic rings. The minimum absolute atomic E-state index is 0.247. The number of nitrogens with two attached hydrogens (primary N) is 1. The van der Waals surface area contributed by atoms with Gasteiger partial charge in [0.15, 0.2) is 17.7 Å². The zero-order valence-electron chi connectivity index (χ0n) is 9.92. The number of ether oxygens (including phenoxy) is 1. The molecule has 1 aliphatic heterocycles. The molecule has 4 atom stereocenters. The minimum atomic E-state index is -1.10. The number of rotatable bonds is 2. The molecule has 4 N–H and O–H groups in total. The first-order chi connectivity index (χ1) is 9.13. The number of anilines is 1. The molecule has 8 heteroatoms. The summed E-state index contributed by atoms with van der Waals surface area (Å²) >= 11 is 0. The van der Waals surface area contributed by atoms with Gasteiger partial charge in [-0.1, -0.05) is 6.08 Å². The number of nitrogens with zero attached hydrogens (tertiary/aromatic N) is 4. The summed E-state index contributed by atoms with van der Waals surface area (Å²) < 4.78 is 7.05. The van der Waals surface area contributed by atoms with Gasteiger partial charge < -0.3 is 20.7 Å². The Labute approximate surface area is 108 Å². The number of aliphatic hydroxyl groups excluding tert-OH is 2. The van der Waals surface area contributed by atoms with Crippen molar-refractivity contribution in [2.45, 2.75) is 24.5 Å². The molecule has 3 heterocycles. The molecule has 1 fully saturated rings. The van der Waals surface area contributed by atoms with Crippen LogP contribution >= 0.6 is 0 Å². The molecule has 0 spiro atoms. The number of aliphatic hydroxyl groups is 2. The van der Waals surface area contributed by atoms with E-state index in [0.717, 1.165) is 0 Å². The van der Waals surface area contributed by atoms with Crippen LogP contribution in [0, 0.1) is 0 Å². The average molecular weight is 263 g/mol. The zero-order valence-corrected chi connectivity index (χ0v) is 9.92. The summed E-state index contributed by atoms with van der Waals surface area (Å²) in [4.78, 5) is 12.0. The van der Waals surface area contributed by atoms with Gasteiger partial charge >= 0.3 is 0 Å². The number of fused-ring (bicyclic) bond motifs is 1.